The highest BCUT2D eigenvalue weighted by Gasteiger charge is 2.27. The average Bonchev–Trinajstić information content (AvgIpc) is 3.17. The number of halogens is 1. The van der Waals surface area contributed by atoms with E-state index in [0.29, 0.717) is 4.34 Å². The molecule has 0 radical (unpaired) electrons. The molecule has 3 rings (SSSR count). The molecule has 1 aliphatic rings. The number of carbonyl (C=O) groups is 1. The Labute approximate surface area is 137 Å². The summed E-state index contributed by atoms with van der Waals surface area (Å²) in [5.74, 6) is 0.162. The number of rotatable bonds is 4. The van der Waals surface area contributed by atoms with Gasteiger partial charge in [-0.05, 0) is 19.1 Å². The molecule has 112 valence electrons. The van der Waals surface area contributed by atoms with Crippen LogP contribution < -0.4 is 4.90 Å². The number of thiazole rings is 1. The lowest BCUT2D eigenvalue weighted by atomic mass is 10.1. The quantitative estimate of drug-likeness (QED) is 0.800. The van der Waals surface area contributed by atoms with Gasteiger partial charge in [0.05, 0.1) is 15.3 Å². The number of hydrogen-bond donors (Lipinski definition) is 0. The number of aromatic nitrogens is 1. The Morgan fingerprint density at radius 2 is 2.10 bits per heavy atom. The molecule has 0 saturated carbocycles. The number of piperazine rings is 1. The van der Waals surface area contributed by atoms with Crippen molar-refractivity contribution in [1.29, 1.82) is 0 Å². The van der Waals surface area contributed by atoms with Gasteiger partial charge in [-0.2, -0.15) is 0 Å². The molecule has 1 aliphatic heterocycles. The first-order chi connectivity index (χ1) is 10.1. The average molecular weight is 342 g/mol. The summed E-state index contributed by atoms with van der Waals surface area (Å²) in [4.78, 5) is 22.1. The lowest BCUT2D eigenvalue weighted by Gasteiger charge is -2.37. The molecule has 1 atom stereocenters. The van der Waals surface area contributed by atoms with E-state index >= 15 is 0 Å². The molecule has 2 aromatic rings. The number of Topliss-reactive ketones (excluding diaryl/α,β-unsaturated/α-hetero) is 1. The maximum absolute atomic E-state index is 12.5. The van der Waals surface area contributed by atoms with Crippen LogP contribution in [0.5, 0.6) is 0 Å². The molecule has 21 heavy (non-hydrogen) atoms. The first-order valence-electron chi connectivity index (χ1n) is 6.83. The molecule has 3 heterocycles. The van der Waals surface area contributed by atoms with Gasteiger partial charge in [0.15, 0.2) is 10.9 Å². The van der Waals surface area contributed by atoms with Crippen LogP contribution in [0.2, 0.25) is 4.34 Å². The molecule has 0 spiro atoms. The lowest BCUT2D eigenvalue weighted by Crippen LogP contribution is -2.51. The summed E-state index contributed by atoms with van der Waals surface area (Å²) in [6, 6.07) is 3.50. The Hall–Kier alpha value is -0.950. The zero-order valence-corrected chi connectivity index (χ0v) is 14.0. The zero-order chi connectivity index (χ0) is 14.8. The maximum atomic E-state index is 12.5. The van der Waals surface area contributed by atoms with E-state index in [0.717, 1.165) is 36.2 Å². The highest BCUT2D eigenvalue weighted by atomic mass is 35.5. The van der Waals surface area contributed by atoms with Crippen molar-refractivity contribution in [3.05, 3.63) is 32.9 Å². The topological polar surface area (TPSA) is 36.4 Å². The molecular formula is C14H16ClN3OS2. The third kappa shape index (κ3) is 3.29. The van der Waals surface area contributed by atoms with Crippen molar-refractivity contribution < 1.29 is 4.79 Å². The minimum Gasteiger partial charge on any atom is -0.346 e. The predicted molar refractivity (Wildman–Crippen MR) is 89.0 cm³/mol. The van der Waals surface area contributed by atoms with Crippen molar-refractivity contribution >= 4 is 45.2 Å². The second-order valence-electron chi connectivity index (χ2n) is 4.98. The normalized spacial score (nSPS) is 17.9. The predicted octanol–water partition coefficient (Wildman–Crippen LogP) is 3.25. The van der Waals surface area contributed by atoms with Crippen LogP contribution in [0.1, 0.15) is 16.6 Å². The summed E-state index contributed by atoms with van der Waals surface area (Å²) < 4.78 is 0.666. The van der Waals surface area contributed by atoms with E-state index in [2.05, 4.69) is 14.8 Å². The van der Waals surface area contributed by atoms with Crippen molar-refractivity contribution in [2.24, 2.45) is 0 Å². The summed E-state index contributed by atoms with van der Waals surface area (Å²) in [5, 5.41) is 3.06. The highest BCUT2D eigenvalue weighted by molar-refractivity contribution is 7.18. The van der Waals surface area contributed by atoms with E-state index in [4.69, 9.17) is 11.6 Å². The Kier molecular flexibility index (Phi) is 4.59. The van der Waals surface area contributed by atoms with Gasteiger partial charge in [-0.15, -0.1) is 22.7 Å². The number of hydrogen-bond acceptors (Lipinski definition) is 6. The molecule has 1 unspecified atom stereocenters. The van der Waals surface area contributed by atoms with Gasteiger partial charge < -0.3 is 4.90 Å². The SMILES string of the molecule is CC(C(=O)c1ccc(Cl)s1)N1CCN(c2nccs2)CC1. The van der Waals surface area contributed by atoms with Crippen LogP contribution in [-0.4, -0.2) is 47.9 Å². The van der Waals surface area contributed by atoms with E-state index < -0.39 is 0 Å². The molecule has 0 aliphatic carbocycles. The van der Waals surface area contributed by atoms with Crippen LogP contribution >= 0.6 is 34.3 Å². The van der Waals surface area contributed by atoms with Crippen molar-refractivity contribution in [1.82, 2.24) is 9.88 Å². The van der Waals surface area contributed by atoms with E-state index in [1.54, 1.807) is 17.4 Å². The van der Waals surface area contributed by atoms with Crippen LogP contribution in [0.4, 0.5) is 5.13 Å². The Balaban J connectivity index is 1.60. The van der Waals surface area contributed by atoms with Crippen molar-refractivity contribution in [3.8, 4) is 0 Å². The molecule has 1 fully saturated rings. The standard InChI is InChI=1S/C14H16ClN3OS2/c1-10(13(19)11-2-3-12(15)21-11)17-5-7-18(8-6-17)14-16-4-9-20-14/h2-4,9-10H,5-8H2,1H3. The number of thiophene rings is 1. The molecule has 7 heteroatoms. The smallest absolute Gasteiger partial charge is 0.189 e. The van der Waals surface area contributed by atoms with Crippen LogP contribution in [0.3, 0.4) is 0 Å². The largest absolute Gasteiger partial charge is 0.346 e. The van der Waals surface area contributed by atoms with E-state index in [1.807, 2.05) is 24.6 Å². The molecule has 0 aromatic carbocycles. The van der Waals surface area contributed by atoms with Gasteiger partial charge in [0, 0.05) is 37.8 Å². The molecule has 0 bridgehead atoms. The fourth-order valence-corrected chi connectivity index (χ4v) is 4.25. The third-order valence-electron chi connectivity index (χ3n) is 3.75. The molecule has 0 N–H and O–H groups in total. The second kappa shape index (κ2) is 6.44. The summed E-state index contributed by atoms with van der Waals surface area (Å²) in [7, 11) is 0. The van der Waals surface area contributed by atoms with E-state index in [-0.39, 0.29) is 11.8 Å². The lowest BCUT2D eigenvalue weighted by molar-refractivity contribution is 0.0834. The van der Waals surface area contributed by atoms with Gasteiger partial charge in [0.25, 0.3) is 0 Å². The van der Waals surface area contributed by atoms with Crippen LogP contribution in [0, 0.1) is 0 Å². The molecule has 2 aromatic heterocycles. The summed E-state index contributed by atoms with van der Waals surface area (Å²) >= 11 is 8.93. The van der Waals surface area contributed by atoms with Crippen molar-refractivity contribution in [2.75, 3.05) is 31.1 Å². The van der Waals surface area contributed by atoms with Gasteiger partial charge in [-0.3, -0.25) is 9.69 Å². The minimum atomic E-state index is -0.0989. The summed E-state index contributed by atoms with van der Waals surface area (Å²) in [6.07, 6.45) is 1.83. The number of ketones is 1. The second-order valence-corrected chi connectivity index (χ2v) is 7.57. The summed E-state index contributed by atoms with van der Waals surface area (Å²) in [6.45, 7) is 5.57. The first-order valence-corrected chi connectivity index (χ1v) is 8.90. The van der Waals surface area contributed by atoms with Crippen LogP contribution in [-0.2, 0) is 0 Å². The van der Waals surface area contributed by atoms with E-state index in [1.165, 1.54) is 11.3 Å². The van der Waals surface area contributed by atoms with E-state index in [9.17, 15) is 4.79 Å². The third-order valence-corrected chi connectivity index (χ3v) is 5.83. The van der Waals surface area contributed by atoms with Crippen LogP contribution in [0.25, 0.3) is 0 Å². The molecule has 4 nitrogen and oxygen atoms in total. The fourth-order valence-electron chi connectivity index (χ4n) is 2.49. The van der Waals surface area contributed by atoms with Gasteiger partial charge in [-0.25, -0.2) is 4.98 Å². The van der Waals surface area contributed by atoms with Crippen molar-refractivity contribution in [3.63, 3.8) is 0 Å². The Bertz CT molecular complexity index is 606. The summed E-state index contributed by atoms with van der Waals surface area (Å²) in [5.41, 5.74) is 0. The van der Waals surface area contributed by atoms with Gasteiger partial charge >= 0.3 is 0 Å². The minimum absolute atomic E-state index is 0.0989. The number of anilines is 1. The number of nitrogens with zero attached hydrogens (tertiary/aromatic N) is 3. The highest BCUT2D eigenvalue weighted by Crippen LogP contribution is 2.25. The van der Waals surface area contributed by atoms with Crippen LogP contribution in [0.15, 0.2) is 23.7 Å². The van der Waals surface area contributed by atoms with Crippen molar-refractivity contribution in [2.45, 2.75) is 13.0 Å². The van der Waals surface area contributed by atoms with Gasteiger partial charge in [0.1, 0.15) is 0 Å². The molecule has 1 saturated heterocycles. The number of carbonyl (C=O) groups excluding carboxylic acids is 1. The zero-order valence-electron chi connectivity index (χ0n) is 11.7. The monoisotopic (exact) mass is 341 g/mol. The maximum Gasteiger partial charge on any atom is 0.189 e. The Morgan fingerprint density at radius 3 is 2.67 bits per heavy atom. The Morgan fingerprint density at radius 1 is 1.33 bits per heavy atom. The first kappa shape index (κ1) is 15.0. The van der Waals surface area contributed by atoms with Gasteiger partial charge in [-0.1, -0.05) is 11.6 Å². The fraction of sp³-hybridized carbons (Fsp3) is 0.429. The van der Waals surface area contributed by atoms with Gasteiger partial charge in [0.2, 0.25) is 0 Å². The molecular weight excluding hydrogens is 326 g/mol. The molecule has 0 amide bonds.